The van der Waals surface area contributed by atoms with E-state index >= 15 is 0 Å². The molecule has 5 nitrogen and oxygen atoms in total. The van der Waals surface area contributed by atoms with Crippen molar-refractivity contribution in [3.63, 3.8) is 0 Å². The van der Waals surface area contributed by atoms with Gasteiger partial charge in [-0.1, -0.05) is 30.3 Å². The minimum absolute atomic E-state index is 0.0170. The lowest BCUT2D eigenvalue weighted by molar-refractivity contribution is -0.117. The Morgan fingerprint density at radius 1 is 1.29 bits per heavy atom. The summed E-state index contributed by atoms with van der Waals surface area (Å²) in [5.41, 5.74) is 1.81. The third kappa shape index (κ3) is 6.14. The van der Waals surface area contributed by atoms with Crippen molar-refractivity contribution in [2.45, 2.75) is 26.4 Å². The second-order valence-corrected chi connectivity index (χ2v) is 7.22. The van der Waals surface area contributed by atoms with Gasteiger partial charge in [0.1, 0.15) is 11.6 Å². The van der Waals surface area contributed by atoms with Gasteiger partial charge in [0.2, 0.25) is 0 Å². The summed E-state index contributed by atoms with van der Waals surface area (Å²) in [5.74, 6) is 0.701. The normalized spacial score (nSPS) is 11.1. The third-order valence-corrected chi connectivity index (χ3v) is 4.41. The van der Waals surface area contributed by atoms with Gasteiger partial charge in [0.05, 0.1) is 17.7 Å². The first kappa shape index (κ1) is 21.5. The molecule has 0 aliphatic rings. The summed E-state index contributed by atoms with van der Waals surface area (Å²) in [6, 6.07) is 15.3. The largest absolute Gasteiger partial charge is 0.493 e. The second-order valence-electron chi connectivity index (χ2n) is 6.36. The monoisotopic (exact) mass is 442 g/mol. The van der Waals surface area contributed by atoms with Gasteiger partial charge < -0.3 is 14.8 Å². The van der Waals surface area contributed by atoms with Crippen LogP contribution in [0.4, 0.5) is 0 Å². The molecule has 0 aliphatic heterocycles. The van der Waals surface area contributed by atoms with E-state index in [2.05, 4.69) is 21.2 Å². The van der Waals surface area contributed by atoms with Crippen molar-refractivity contribution >= 4 is 27.9 Å². The summed E-state index contributed by atoms with van der Waals surface area (Å²) in [5, 5.41) is 12.2. The minimum atomic E-state index is -0.406. The molecule has 2 rings (SSSR count). The third-order valence-electron chi connectivity index (χ3n) is 3.82. The Labute approximate surface area is 174 Å². The molecule has 0 saturated heterocycles. The van der Waals surface area contributed by atoms with Gasteiger partial charge in [-0.05, 0) is 65.5 Å². The van der Waals surface area contributed by atoms with E-state index in [1.807, 2.05) is 50.2 Å². The molecule has 0 aliphatic carbocycles. The van der Waals surface area contributed by atoms with E-state index in [1.54, 1.807) is 19.2 Å². The van der Waals surface area contributed by atoms with Crippen LogP contribution in [0.2, 0.25) is 0 Å². The maximum atomic E-state index is 12.4. The molecule has 2 aromatic carbocycles. The fourth-order valence-corrected chi connectivity index (χ4v) is 3.10. The smallest absolute Gasteiger partial charge is 0.261 e. The van der Waals surface area contributed by atoms with Crippen molar-refractivity contribution < 1.29 is 14.3 Å². The summed E-state index contributed by atoms with van der Waals surface area (Å²) in [6.07, 6.45) is 2.22. The highest BCUT2D eigenvalue weighted by Gasteiger charge is 2.14. The summed E-state index contributed by atoms with van der Waals surface area (Å²) >= 11 is 3.47. The van der Waals surface area contributed by atoms with Gasteiger partial charge in [-0.25, -0.2) is 0 Å². The topological polar surface area (TPSA) is 71.3 Å². The van der Waals surface area contributed by atoms with Crippen LogP contribution in [0.5, 0.6) is 11.5 Å². The lowest BCUT2D eigenvalue weighted by atomic mass is 10.1. The molecule has 6 heteroatoms. The number of halogens is 1. The van der Waals surface area contributed by atoms with E-state index in [-0.39, 0.29) is 11.7 Å². The lowest BCUT2D eigenvalue weighted by Crippen LogP contribution is -2.26. The summed E-state index contributed by atoms with van der Waals surface area (Å²) in [7, 11) is 1.55. The first-order valence-corrected chi connectivity index (χ1v) is 9.72. The number of nitrogens with one attached hydrogen (secondary N) is 1. The summed E-state index contributed by atoms with van der Waals surface area (Å²) < 4.78 is 11.8. The molecule has 0 fully saturated rings. The van der Waals surface area contributed by atoms with Crippen LogP contribution in [0, 0.1) is 11.3 Å². The predicted octanol–water partition coefficient (Wildman–Crippen LogP) is 4.51. The van der Waals surface area contributed by atoms with Gasteiger partial charge in [0.15, 0.2) is 11.5 Å². The van der Waals surface area contributed by atoms with Gasteiger partial charge in [-0.2, -0.15) is 5.26 Å². The van der Waals surface area contributed by atoms with Crippen LogP contribution >= 0.6 is 15.9 Å². The Balaban J connectivity index is 2.13. The van der Waals surface area contributed by atoms with Crippen molar-refractivity contribution in [1.82, 2.24) is 5.32 Å². The van der Waals surface area contributed by atoms with Crippen LogP contribution < -0.4 is 14.8 Å². The number of nitrogens with zero attached hydrogens (tertiary/aromatic N) is 1. The van der Waals surface area contributed by atoms with E-state index < -0.39 is 5.91 Å². The van der Waals surface area contributed by atoms with Crippen LogP contribution in [-0.2, 0) is 11.2 Å². The molecule has 2 aromatic rings. The van der Waals surface area contributed by atoms with E-state index in [4.69, 9.17) is 9.47 Å². The van der Waals surface area contributed by atoms with Crippen LogP contribution in [0.1, 0.15) is 25.0 Å². The number of rotatable bonds is 8. The standard InChI is InChI=1S/C22H23BrN2O3/c1-15(2)28-21-19(23)12-17(13-20(21)27-3)11-18(14-24)22(26)25-10-9-16-7-5-4-6-8-16/h4-8,11-13,15H,9-10H2,1-3H3,(H,25,26). The highest BCUT2D eigenvalue weighted by molar-refractivity contribution is 9.10. The van der Waals surface area contributed by atoms with Gasteiger partial charge in [0, 0.05) is 6.54 Å². The molecule has 146 valence electrons. The molecular weight excluding hydrogens is 420 g/mol. The number of hydrogen-bond donors (Lipinski definition) is 1. The zero-order valence-electron chi connectivity index (χ0n) is 16.2. The summed E-state index contributed by atoms with van der Waals surface area (Å²) in [4.78, 5) is 12.4. The molecule has 1 amide bonds. The number of hydrogen-bond acceptors (Lipinski definition) is 4. The van der Waals surface area contributed by atoms with Crippen molar-refractivity contribution in [2.24, 2.45) is 0 Å². The van der Waals surface area contributed by atoms with Crippen molar-refractivity contribution in [2.75, 3.05) is 13.7 Å². The lowest BCUT2D eigenvalue weighted by Gasteiger charge is -2.16. The predicted molar refractivity (Wildman–Crippen MR) is 113 cm³/mol. The van der Waals surface area contributed by atoms with Crippen LogP contribution in [-0.4, -0.2) is 25.7 Å². The highest BCUT2D eigenvalue weighted by Crippen LogP contribution is 2.37. The zero-order valence-corrected chi connectivity index (χ0v) is 17.7. The average Bonchev–Trinajstić information content (AvgIpc) is 2.68. The second kappa shape index (κ2) is 10.5. The zero-order chi connectivity index (χ0) is 20.5. The number of amides is 1. The number of benzene rings is 2. The molecule has 0 spiro atoms. The maximum Gasteiger partial charge on any atom is 0.261 e. The van der Waals surface area contributed by atoms with Crippen LogP contribution in [0.3, 0.4) is 0 Å². The van der Waals surface area contributed by atoms with Gasteiger partial charge >= 0.3 is 0 Å². The Morgan fingerprint density at radius 2 is 2.00 bits per heavy atom. The van der Waals surface area contributed by atoms with Gasteiger partial charge in [0.25, 0.3) is 5.91 Å². The molecule has 0 aromatic heterocycles. The number of methoxy groups -OCH3 is 1. The first-order chi connectivity index (χ1) is 13.4. The molecule has 0 bridgehead atoms. The molecular formula is C22H23BrN2O3. The molecule has 1 N–H and O–H groups in total. The minimum Gasteiger partial charge on any atom is -0.493 e. The van der Waals surface area contributed by atoms with Crippen molar-refractivity contribution in [1.29, 1.82) is 5.26 Å². The van der Waals surface area contributed by atoms with E-state index in [0.717, 1.165) is 5.56 Å². The SMILES string of the molecule is COc1cc(C=C(C#N)C(=O)NCCc2ccccc2)cc(Br)c1OC(C)C. The van der Waals surface area contributed by atoms with Gasteiger partial charge in [-0.15, -0.1) is 0 Å². The molecule has 0 atom stereocenters. The van der Waals surface area contributed by atoms with Crippen molar-refractivity contribution in [3.05, 3.63) is 63.6 Å². The number of ether oxygens (including phenoxy) is 2. The van der Waals surface area contributed by atoms with Crippen molar-refractivity contribution in [3.8, 4) is 17.6 Å². The van der Waals surface area contributed by atoms with E-state index in [1.165, 1.54) is 6.08 Å². The Hall–Kier alpha value is -2.78. The average molecular weight is 443 g/mol. The fraction of sp³-hybridized carbons (Fsp3) is 0.273. The number of nitriles is 1. The Bertz CT molecular complexity index is 887. The van der Waals surface area contributed by atoms with E-state index in [9.17, 15) is 10.1 Å². The number of carbonyl (C=O) groups excluding carboxylic acids is 1. The quantitative estimate of drug-likeness (QED) is 0.482. The Morgan fingerprint density at radius 3 is 2.61 bits per heavy atom. The van der Waals surface area contributed by atoms with Crippen LogP contribution in [0.15, 0.2) is 52.5 Å². The van der Waals surface area contributed by atoms with Crippen LogP contribution in [0.25, 0.3) is 6.08 Å². The first-order valence-electron chi connectivity index (χ1n) is 8.92. The maximum absolute atomic E-state index is 12.4. The number of carbonyl (C=O) groups is 1. The molecule has 0 saturated carbocycles. The fourth-order valence-electron chi connectivity index (χ4n) is 2.55. The highest BCUT2D eigenvalue weighted by atomic mass is 79.9. The Kier molecular flexibility index (Phi) is 8.09. The molecule has 0 heterocycles. The molecule has 0 radical (unpaired) electrons. The van der Waals surface area contributed by atoms with Gasteiger partial charge in [-0.3, -0.25) is 4.79 Å². The molecule has 0 unspecified atom stereocenters. The summed E-state index contributed by atoms with van der Waals surface area (Å²) in [6.45, 7) is 4.30. The van der Waals surface area contributed by atoms with E-state index in [0.29, 0.717) is 34.5 Å². The molecule has 28 heavy (non-hydrogen) atoms.